The summed E-state index contributed by atoms with van der Waals surface area (Å²) < 4.78 is 4.97. The molecule has 0 atom stereocenters. The highest BCUT2D eigenvalue weighted by Crippen LogP contribution is 2.39. The van der Waals surface area contributed by atoms with E-state index in [4.69, 9.17) is 4.74 Å². The van der Waals surface area contributed by atoms with Gasteiger partial charge in [-0.05, 0) is 53.3 Å². The molecule has 0 saturated heterocycles. The molecule has 0 aromatic heterocycles. The third-order valence-corrected chi connectivity index (χ3v) is 4.31. The smallest absolute Gasteiger partial charge is 0.338 e. The molecule has 0 aliphatic rings. The van der Waals surface area contributed by atoms with E-state index in [2.05, 4.69) is 24.3 Å². The highest BCUT2D eigenvalue weighted by atomic mass is 16.5. The Hall–Kier alpha value is -2.87. The summed E-state index contributed by atoms with van der Waals surface area (Å²) in [6.45, 7) is 4.03. The molecule has 0 N–H and O–H groups in total. The van der Waals surface area contributed by atoms with E-state index in [-0.39, 0.29) is 5.97 Å². The van der Waals surface area contributed by atoms with Gasteiger partial charge in [0.15, 0.2) is 0 Å². The van der Waals surface area contributed by atoms with Crippen molar-refractivity contribution < 1.29 is 9.53 Å². The minimum Gasteiger partial charge on any atom is -0.465 e. The lowest BCUT2D eigenvalue weighted by Crippen LogP contribution is -2.07. The lowest BCUT2D eigenvalue weighted by atomic mass is 9.85. The van der Waals surface area contributed by atoms with Crippen molar-refractivity contribution in [1.82, 2.24) is 0 Å². The Labute approximate surface area is 142 Å². The second-order valence-corrected chi connectivity index (χ2v) is 5.84. The highest BCUT2D eigenvalue weighted by molar-refractivity contribution is 5.98. The van der Waals surface area contributed by atoms with Crippen LogP contribution in [0, 0.1) is 13.8 Å². The molecule has 0 saturated carbocycles. The van der Waals surface area contributed by atoms with Crippen LogP contribution < -0.4 is 0 Å². The third kappa shape index (κ3) is 2.83. The number of hydrogen-bond acceptors (Lipinski definition) is 2. The summed E-state index contributed by atoms with van der Waals surface area (Å²) in [5.41, 5.74) is 7.11. The van der Waals surface area contributed by atoms with Crippen molar-refractivity contribution in [2.24, 2.45) is 0 Å². The Morgan fingerprint density at radius 2 is 1.29 bits per heavy atom. The highest BCUT2D eigenvalue weighted by Gasteiger charge is 2.20. The van der Waals surface area contributed by atoms with Crippen LogP contribution in [0.4, 0.5) is 0 Å². The van der Waals surface area contributed by atoms with Crippen molar-refractivity contribution in [2.75, 3.05) is 7.11 Å². The van der Waals surface area contributed by atoms with Crippen LogP contribution in [0.1, 0.15) is 21.5 Å². The fraction of sp³-hybridized carbons (Fsp3) is 0.136. The van der Waals surface area contributed by atoms with Crippen molar-refractivity contribution in [1.29, 1.82) is 0 Å². The summed E-state index contributed by atoms with van der Waals surface area (Å²) in [5.74, 6) is -0.299. The molecule has 3 aromatic carbocycles. The summed E-state index contributed by atoms with van der Waals surface area (Å²) >= 11 is 0. The molecule has 0 heterocycles. The van der Waals surface area contributed by atoms with Gasteiger partial charge >= 0.3 is 5.97 Å². The van der Waals surface area contributed by atoms with Gasteiger partial charge in [-0.25, -0.2) is 4.79 Å². The Balaban J connectivity index is 2.37. The minimum absolute atomic E-state index is 0.299. The summed E-state index contributed by atoms with van der Waals surface area (Å²) in [4.78, 5) is 12.2. The van der Waals surface area contributed by atoms with E-state index < -0.39 is 0 Å². The lowest BCUT2D eigenvalue weighted by molar-refractivity contribution is 0.0600. The zero-order valence-electron chi connectivity index (χ0n) is 14.2. The number of carbonyl (C=O) groups excluding carboxylic acids is 1. The summed E-state index contributed by atoms with van der Waals surface area (Å²) in [6, 6.07) is 22.4. The first-order chi connectivity index (χ1) is 11.6. The van der Waals surface area contributed by atoms with Crippen molar-refractivity contribution >= 4 is 5.97 Å². The van der Waals surface area contributed by atoms with Gasteiger partial charge in [-0.2, -0.15) is 0 Å². The molecule has 0 radical (unpaired) electrons. The number of hydrogen-bond donors (Lipinski definition) is 0. The predicted octanol–water partition coefficient (Wildman–Crippen LogP) is 5.42. The van der Waals surface area contributed by atoms with Crippen molar-refractivity contribution in [3.8, 4) is 22.3 Å². The van der Waals surface area contributed by atoms with Gasteiger partial charge in [0.2, 0.25) is 0 Å². The van der Waals surface area contributed by atoms with Crippen LogP contribution in [-0.4, -0.2) is 13.1 Å². The molecule has 0 aliphatic carbocycles. The monoisotopic (exact) mass is 316 g/mol. The number of methoxy groups -OCH3 is 1. The summed E-state index contributed by atoms with van der Waals surface area (Å²) in [5, 5.41) is 0. The minimum atomic E-state index is -0.299. The van der Waals surface area contributed by atoms with Crippen LogP contribution in [0.5, 0.6) is 0 Å². The average Bonchev–Trinajstić information content (AvgIpc) is 2.63. The number of aryl methyl sites for hydroxylation is 1. The molecule has 120 valence electrons. The van der Waals surface area contributed by atoms with Crippen LogP contribution in [0.25, 0.3) is 22.3 Å². The second-order valence-electron chi connectivity index (χ2n) is 5.84. The van der Waals surface area contributed by atoms with E-state index in [0.717, 1.165) is 33.4 Å². The number of rotatable bonds is 3. The molecule has 3 aromatic rings. The SMILES string of the molecule is COC(=O)c1cc(C)c(-c2ccccc2)c(-c2ccccc2)c1C. The Bertz CT molecular complexity index is 865. The molecule has 0 unspecified atom stereocenters. The largest absolute Gasteiger partial charge is 0.465 e. The predicted molar refractivity (Wildman–Crippen MR) is 98.1 cm³/mol. The van der Waals surface area contributed by atoms with E-state index in [1.54, 1.807) is 0 Å². The fourth-order valence-corrected chi connectivity index (χ4v) is 3.18. The van der Waals surface area contributed by atoms with Gasteiger partial charge in [0.05, 0.1) is 12.7 Å². The van der Waals surface area contributed by atoms with E-state index in [0.29, 0.717) is 5.56 Å². The van der Waals surface area contributed by atoms with Gasteiger partial charge < -0.3 is 4.74 Å². The van der Waals surface area contributed by atoms with E-state index >= 15 is 0 Å². The fourth-order valence-electron chi connectivity index (χ4n) is 3.18. The molecule has 0 fully saturated rings. The zero-order valence-corrected chi connectivity index (χ0v) is 14.2. The van der Waals surface area contributed by atoms with Gasteiger partial charge in [0.1, 0.15) is 0 Å². The molecule has 2 heteroatoms. The maximum atomic E-state index is 12.2. The second kappa shape index (κ2) is 6.71. The zero-order chi connectivity index (χ0) is 17.1. The van der Waals surface area contributed by atoms with Gasteiger partial charge in [-0.15, -0.1) is 0 Å². The van der Waals surface area contributed by atoms with Gasteiger partial charge in [-0.3, -0.25) is 0 Å². The molecule has 3 rings (SSSR count). The summed E-state index contributed by atoms with van der Waals surface area (Å²) in [7, 11) is 1.42. The Morgan fingerprint density at radius 1 is 0.792 bits per heavy atom. The Morgan fingerprint density at radius 3 is 1.79 bits per heavy atom. The van der Waals surface area contributed by atoms with Crippen LogP contribution in [0.15, 0.2) is 66.7 Å². The van der Waals surface area contributed by atoms with E-state index in [1.165, 1.54) is 7.11 Å². The molecular weight excluding hydrogens is 296 g/mol. The maximum Gasteiger partial charge on any atom is 0.338 e. The molecule has 0 aliphatic heterocycles. The third-order valence-electron chi connectivity index (χ3n) is 4.31. The van der Waals surface area contributed by atoms with E-state index in [1.807, 2.05) is 56.3 Å². The number of esters is 1. The lowest BCUT2D eigenvalue weighted by Gasteiger charge is -2.19. The molecule has 2 nitrogen and oxygen atoms in total. The van der Waals surface area contributed by atoms with Crippen molar-refractivity contribution in [3.63, 3.8) is 0 Å². The molecule has 24 heavy (non-hydrogen) atoms. The van der Waals surface area contributed by atoms with Gasteiger partial charge in [-0.1, -0.05) is 60.7 Å². The molecule has 0 spiro atoms. The van der Waals surface area contributed by atoms with Crippen LogP contribution in [0.2, 0.25) is 0 Å². The topological polar surface area (TPSA) is 26.3 Å². The number of carbonyl (C=O) groups is 1. The van der Waals surface area contributed by atoms with Gasteiger partial charge in [0.25, 0.3) is 0 Å². The van der Waals surface area contributed by atoms with Crippen LogP contribution in [0.3, 0.4) is 0 Å². The normalized spacial score (nSPS) is 10.5. The van der Waals surface area contributed by atoms with Gasteiger partial charge in [0, 0.05) is 0 Å². The number of benzene rings is 3. The number of ether oxygens (including phenoxy) is 1. The first kappa shape index (κ1) is 16.0. The first-order valence-electron chi connectivity index (χ1n) is 7.97. The quantitative estimate of drug-likeness (QED) is 0.603. The standard InChI is InChI=1S/C22H20O2/c1-15-14-19(22(23)24-3)16(2)21(18-12-8-5-9-13-18)20(15)17-10-6-4-7-11-17/h4-14H,1-3H3. The maximum absolute atomic E-state index is 12.2. The first-order valence-corrected chi connectivity index (χ1v) is 7.97. The van der Waals surface area contributed by atoms with Crippen LogP contribution >= 0.6 is 0 Å². The molecule has 0 amide bonds. The average molecular weight is 316 g/mol. The molecule has 0 bridgehead atoms. The summed E-state index contributed by atoms with van der Waals surface area (Å²) in [6.07, 6.45) is 0. The Kier molecular flexibility index (Phi) is 4.48. The van der Waals surface area contributed by atoms with Crippen molar-refractivity contribution in [3.05, 3.63) is 83.4 Å². The van der Waals surface area contributed by atoms with E-state index in [9.17, 15) is 4.79 Å². The van der Waals surface area contributed by atoms with Crippen molar-refractivity contribution in [2.45, 2.75) is 13.8 Å². The van der Waals surface area contributed by atoms with Crippen LogP contribution in [-0.2, 0) is 4.74 Å². The molecular formula is C22H20O2.